The normalized spacial score (nSPS) is 13.9. The van der Waals surface area contributed by atoms with E-state index in [1.165, 1.54) is 17.6 Å². The Balaban J connectivity index is 1.94. The molecule has 0 aliphatic heterocycles. The fourth-order valence-electron chi connectivity index (χ4n) is 3.34. The average Bonchev–Trinajstić information content (AvgIpc) is 3.16. The average molecular weight is 566 g/mol. The number of nitrogens with one attached hydrogen (secondary N) is 2. The first-order valence-electron chi connectivity index (χ1n) is 10.4. The maximum atomic E-state index is 13.1. The third kappa shape index (κ3) is 5.74. The molecule has 0 saturated heterocycles. The van der Waals surface area contributed by atoms with E-state index in [-0.39, 0.29) is 10.9 Å². The van der Waals surface area contributed by atoms with Crippen LogP contribution in [0.25, 0.3) is 11.3 Å². The number of carbonyl (C=O) groups is 1. The largest absolute Gasteiger partial charge is 0.321 e. The van der Waals surface area contributed by atoms with Gasteiger partial charge in [-0.2, -0.15) is 0 Å². The van der Waals surface area contributed by atoms with E-state index in [0.717, 1.165) is 15.7 Å². The van der Waals surface area contributed by atoms with Crippen LogP contribution in [-0.4, -0.2) is 29.6 Å². The fraction of sp³-hybridized carbons (Fsp3) is 0.304. The topological polar surface area (TPSA) is 86.2 Å². The molecule has 10 heteroatoms. The molecule has 2 heterocycles. The Morgan fingerprint density at radius 2 is 1.91 bits per heavy atom. The molecule has 0 aliphatic carbocycles. The van der Waals surface area contributed by atoms with Crippen LogP contribution in [0, 0.1) is 4.78 Å². The number of pyridine rings is 1. The monoisotopic (exact) mass is 564 g/mol. The summed E-state index contributed by atoms with van der Waals surface area (Å²) in [5, 5.41) is 4.74. The van der Waals surface area contributed by atoms with Crippen molar-refractivity contribution >= 4 is 62.7 Å². The lowest BCUT2D eigenvalue weighted by Crippen LogP contribution is -2.57. The fourth-order valence-corrected chi connectivity index (χ4v) is 10.8. The summed E-state index contributed by atoms with van der Waals surface area (Å²) in [6, 6.07) is 13.0. The zero-order valence-corrected chi connectivity index (χ0v) is 23.8. The first-order valence-corrected chi connectivity index (χ1v) is 16.9. The van der Waals surface area contributed by atoms with E-state index in [1.54, 1.807) is 22.3 Å². The van der Waals surface area contributed by atoms with Crippen molar-refractivity contribution in [3.63, 3.8) is 0 Å². The number of carbonyl (C=O) groups excluding carboxylic acids is 1. The molecule has 0 radical (unpaired) electrons. The number of anilines is 2. The zero-order valence-electron chi connectivity index (χ0n) is 19.6. The molecule has 0 bridgehead atoms. The number of amides is 1. The van der Waals surface area contributed by atoms with E-state index in [0.29, 0.717) is 16.3 Å². The van der Waals surface area contributed by atoms with Gasteiger partial charge >= 0.3 is 0 Å². The molecule has 6 nitrogen and oxygen atoms in total. The Kier molecular flexibility index (Phi) is 7.23. The summed E-state index contributed by atoms with van der Waals surface area (Å²) in [5.74, 6) is -0.229. The van der Waals surface area contributed by atoms with Crippen LogP contribution < -0.4 is 9.29 Å². The van der Waals surface area contributed by atoms with Crippen LogP contribution in [0.4, 0.5) is 11.4 Å². The van der Waals surface area contributed by atoms with Gasteiger partial charge in [0.15, 0.2) is 8.24 Å². The molecule has 0 spiro atoms. The lowest BCUT2D eigenvalue weighted by molar-refractivity contribution is 0.103. The van der Waals surface area contributed by atoms with E-state index < -0.39 is 18.2 Å². The number of thiophene rings is 1. The van der Waals surface area contributed by atoms with Crippen molar-refractivity contribution in [3.05, 3.63) is 63.4 Å². The van der Waals surface area contributed by atoms with E-state index in [2.05, 4.69) is 60.1 Å². The van der Waals surface area contributed by atoms with Gasteiger partial charge in [-0.1, -0.05) is 55.9 Å². The first kappa shape index (κ1) is 25.6. The second kappa shape index (κ2) is 9.32. The van der Waals surface area contributed by atoms with Gasteiger partial charge in [-0.3, -0.25) is 9.78 Å². The van der Waals surface area contributed by atoms with Crippen molar-refractivity contribution in [2.24, 2.45) is 0 Å². The summed E-state index contributed by atoms with van der Waals surface area (Å²) in [5.41, 5.74) is 2.94. The van der Waals surface area contributed by atoms with Crippen LogP contribution in [0.3, 0.4) is 0 Å². The van der Waals surface area contributed by atoms with Gasteiger partial charge in [0.05, 0.1) is 10.6 Å². The summed E-state index contributed by atoms with van der Waals surface area (Å²) in [6.07, 6.45) is 3.18. The Morgan fingerprint density at radius 1 is 1.21 bits per heavy atom. The maximum Gasteiger partial charge on any atom is 0.265 e. The number of aromatic nitrogens is 1. The highest BCUT2D eigenvalue weighted by Gasteiger charge is 2.44. The number of nitrogens with zero attached hydrogens (tertiary/aromatic N) is 2. The number of rotatable bonds is 6. The second-order valence-corrected chi connectivity index (χ2v) is 18.7. The molecule has 3 rings (SSSR count). The van der Waals surface area contributed by atoms with Crippen LogP contribution in [0.15, 0.2) is 58.5 Å². The van der Waals surface area contributed by atoms with Crippen molar-refractivity contribution < 1.29 is 9.00 Å². The number of halogens is 1. The first-order chi connectivity index (χ1) is 15.2. The molecule has 1 amide bonds. The minimum Gasteiger partial charge on any atom is -0.321 e. The summed E-state index contributed by atoms with van der Waals surface area (Å²) in [6.45, 7) is 10.6. The highest BCUT2D eigenvalue weighted by Crippen LogP contribution is 2.43. The Bertz CT molecular complexity index is 1270. The molecule has 0 fully saturated rings. The van der Waals surface area contributed by atoms with Crippen LogP contribution in [0.1, 0.15) is 30.4 Å². The molecule has 1 aromatic carbocycles. The van der Waals surface area contributed by atoms with Gasteiger partial charge in [0.2, 0.25) is 0 Å². The molecule has 0 aliphatic rings. The molecular weight excluding hydrogens is 536 g/mol. The lowest BCUT2D eigenvalue weighted by atomic mass is 10.2. The van der Waals surface area contributed by atoms with E-state index in [9.17, 15) is 9.00 Å². The predicted octanol–water partition coefficient (Wildman–Crippen LogP) is 7.23. The highest BCUT2D eigenvalue weighted by atomic mass is 79.9. The third-order valence-electron chi connectivity index (χ3n) is 5.85. The highest BCUT2D eigenvalue weighted by molar-refractivity contribution is 9.10. The molecular formula is C23H29BrN4O2S2Si. The van der Waals surface area contributed by atoms with E-state index >= 15 is 0 Å². The lowest BCUT2D eigenvalue weighted by Gasteiger charge is -2.46. The van der Waals surface area contributed by atoms with Gasteiger partial charge < -0.3 is 9.29 Å². The standard InChI is InChI=1S/C23H29BrN4O2S2Si/c1-23(2,3)33(5,6)28(32(4,25)30)19-13-17(24)12-18(14-19)27-22(29)21-11-16(15-31-21)20-9-7-8-10-26-20/h7-15,25H,1-6H3,(H,27,29). The summed E-state index contributed by atoms with van der Waals surface area (Å²) >= 11 is 4.88. The molecule has 1 unspecified atom stereocenters. The van der Waals surface area contributed by atoms with Gasteiger partial charge in [0.25, 0.3) is 5.91 Å². The Morgan fingerprint density at radius 3 is 2.48 bits per heavy atom. The van der Waals surface area contributed by atoms with Crippen LogP contribution in [0.2, 0.25) is 18.1 Å². The van der Waals surface area contributed by atoms with Crippen molar-refractivity contribution in [2.45, 2.75) is 38.9 Å². The van der Waals surface area contributed by atoms with Gasteiger partial charge in [-0.05, 0) is 41.4 Å². The Labute approximate surface area is 209 Å². The SMILES string of the molecule is CC(C)(C)[Si](C)(C)N(c1cc(Br)cc(NC(=O)c2cc(-c3ccccn3)cs2)c1)S(C)(=N)=O. The van der Waals surface area contributed by atoms with Crippen LogP contribution in [-0.2, 0) is 9.92 Å². The minimum absolute atomic E-state index is 0.128. The van der Waals surface area contributed by atoms with E-state index in [1.807, 2.05) is 35.7 Å². The molecule has 2 N–H and O–H groups in total. The predicted molar refractivity (Wildman–Crippen MR) is 146 cm³/mol. The molecule has 0 saturated carbocycles. The Hall–Kier alpha value is -2.01. The molecule has 33 heavy (non-hydrogen) atoms. The number of hydrogen-bond acceptors (Lipinski definition) is 5. The van der Waals surface area contributed by atoms with Gasteiger partial charge in [0.1, 0.15) is 9.92 Å². The molecule has 1 atom stereocenters. The maximum absolute atomic E-state index is 13.1. The van der Waals surface area contributed by atoms with Crippen LogP contribution >= 0.6 is 27.3 Å². The quantitative estimate of drug-likeness (QED) is 0.309. The van der Waals surface area contributed by atoms with Crippen molar-refractivity contribution in [1.29, 1.82) is 4.78 Å². The van der Waals surface area contributed by atoms with E-state index in [4.69, 9.17) is 4.78 Å². The van der Waals surface area contributed by atoms with Gasteiger partial charge in [-0.25, -0.2) is 8.99 Å². The molecule has 176 valence electrons. The minimum atomic E-state index is -3.04. The zero-order chi connectivity index (χ0) is 24.6. The number of benzene rings is 1. The smallest absolute Gasteiger partial charge is 0.265 e. The molecule has 2 aromatic heterocycles. The van der Waals surface area contributed by atoms with Gasteiger partial charge in [-0.15, -0.1) is 11.3 Å². The summed E-state index contributed by atoms with van der Waals surface area (Å²) < 4.78 is 24.1. The number of hydrogen-bond donors (Lipinski definition) is 2. The summed E-state index contributed by atoms with van der Waals surface area (Å²) in [7, 11) is -5.41. The summed E-state index contributed by atoms with van der Waals surface area (Å²) in [4.78, 5) is 17.9. The van der Waals surface area contributed by atoms with Crippen molar-refractivity contribution in [1.82, 2.24) is 4.98 Å². The molecule has 3 aromatic rings. The van der Waals surface area contributed by atoms with Crippen molar-refractivity contribution in [3.8, 4) is 11.3 Å². The van der Waals surface area contributed by atoms with Crippen molar-refractivity contribution in [2.75, 3.05) is 15.5 Å². The second-order valence-electron chi connectivity index (χ2n) is 9.47. The van der Waals surface area contributed by atoms with Crippen LogP contribution in [0.5, 0.6) is 0 Å². The van der Waals surface area contributed by atoms with Gasteiger partial charge in [0, 0.05) is 39.2 Å². The third-order valence-corrected chi connectivity index (χ3v) is 15.5.